The van der Waals surface area contributed by atoms with Crippen molar-refractivity contribution in [2.75, 3.05) is 10.7 Å². The third-order valence-corrected chi connectivity index (χ3v) is 2.58. The fourth-order valence-corrected chi connectivity index (χ4v) is 1.64. The normalized spacial score (nSPS) is 10.2. The molecule has 0 atom stereocenters. The maximum absolute atomic E-state index is 13.4. The standard InChI is InChI=1S/C13H10F3N3O/c14-7-4-5-9(15)11(6-7)18-13(20)8-2-1-3-10(16)12(8)19-17/h1-6,19H,17H2,(H,18,20). The monoisotopic (exact) mass is 281 g/mol. The second-order valence-electron chi connectivity index (χ2n) is 3.89. The van der Waals surface area contributed by atoms with E-state index in [4.69, 9.17) is 5.84 Å². The zero-order chi connectivity index (χ0) is 14.7. The summed E-state index contributed by atoms with van der Waals surface area (Å²) in [5.74, 6) is 2.06. The Balaban J connectivity index is 2.33. The number of anilines is 2. The summed E-state index contributed by atoms with van der Waals surface area (Å²) in [5, 5.41) is 2.15. The number of carbonyl (C=O) groups excluding carboxylic acids is 1. The lowest BCUT2D eigenvalue weighted by Crippen LogP contribution is -2.19. The van der Waals surface area contributed by atoms with Crippen molar-refractivity contribution in [1.82, 2.24) is 0 Å². The zero-order valence-electron chi connectivity index (χ0n) is 10.1. The summed E-state index contributed by atoms with van der Waals surface area (Å²) in [5.41, 5.74) is 1.34. The quantitative estimate of drug-likeness (QED) is 0.598. The summed E-state index contributed by atoms with van der Waals surface area (Å²) < 4.78 is 39.8. The number of nitrogens with one attached hydrogen (secondary N) is 2. The highest BCUT2D eigenvalue weighted by atomic mass is 19.1. The van der Waals surface area contributed by atoms with Crippen LogP contribution >= 0.6 is 0 Å². The molecule has 4 nitrogen and oxygen atoms in total. The first-order chi connectivity index (χ1) is 9.52. The number of carbonyl (C=O) groups is 1. The summed E-state index contributed by atoms with van der Waals surface area (Å²) in [6.07, 6.45) is 0. The van der Waals surface area contributed by atoms with Gasteiger partial charge in [0.2, 0.25) is 0 Å². The van der Waals surface area contributed by atoms with Crippen LogP contribution < -0.4 is 16.6 Å². The molecule has 0 bridgehead atoms. The van der Waals surface area contributed by atoms with E-state index in [0.717, 1.165) is 24.3 Å². The second kappa shape index (κ2) is 5.62. The number of hydrogen-bond donors (Lipinski definition) is 3. The van der Waals surface area contributed by atoms with E-state index < -0.39 is 23.4 Å². The van der Waals surface area contributed by atoms with Crippen LogP contribution in [0.3, 0.4) is 0 Å². The fourth-order valence-electron chi connectivity index (χ4n) is 1.64. The van der Waals surface area contributed by atoms with Crippen molar-refractivity contribution in [3.63, 3.8) is 0 Å². The molecule has 0 aliphatic heterocycles. The Bertz CT molecular complexity index is 661. The Morgan fingerprint density at radius 2 is 1.80 bits per heavy atom. The molecule has 7 heteroatoms. The van der Waals surface area contributed by atoms with Gasteiger partial charge in [0.25, 0.3) is 5.91 Å². The van der Waals surface area contributed by atoms with Gasteiger partial charge in [-0.25, -0.2) is 13.2 Å². The third kappa shape index (κ3) is 2.72. The molecule has 0 aromatic heterocycles. The van der Waals surface area contributed by atoms with Crippen LogP contribution in [0.5, 0.6) is 0 Å². The molecule has 0 heterocycles. The lowest BCUT2D eigenvalue weighted by molar-refractivity contribution is 0.102. The number of amides is 1. The highest BCUT2D eigenvalue weighted by Gasteiger charge is 2.16. The van der Waals surface area contributed by atoms with Crippen molar-refractivity contribution in [3.05, 3.63) is 59.4 Å². The number of hydrogen-bond acceptors (Lipinski definition) is 3. The van der Waals surface area contributed by atoms with Crippen molar-refractivity contribution in [2.45, 2.75) is 0 Å². The van der Waals surface area contributed by atoms with Crippen LogP contribution in [0.4, 0.5) is 24.5 Å². The minimum atomic E-state index is -0.818. The second-order valence-corrected chi connectivity index (χ2v) is 3.89. The molecule has 2 aromatic rings. The van der Waals surface area contributed by atoms with Gasteiger partial charge >= 0.3 is 0 Å². The Hall–Kier alpha value is -2.54. The summed E-state index contributed by atoms with van der Waals surface area (Å²) >= 11 is 0. The van der Waals surface area contributed by atoms with Crippen LogP contribution in [0, 0.1) is 17.5 Å². The molecule has 4 N–H and O–H groups in total. The zero-order valence-corrected chi connectivity index (χ0v) is 10.1. The first-order valence-electron chi connectivity index (χ1n) is 5.54. The van der Waals surface area contributed by atoms with Gasteiger partial charge < -0.3 is 10.7 Å². The smallest absolute Gasteiger partial charge is 0.258 e. The molecule has 0 fully saturated rings. The van der Waals surface area contributed by atoms with Crippen LogP contribution in [0.25, 0.3) is 0 Å². The average molecular weight is 281 g/mol. The number of hydrazine groups is 1. The molecule has 0 aliphatic rings. The maximum Gasteiger partial charge on any atom is 0.258 e. The summed E-state index contributed by atoms with van der Waals surface area (Å²) in [4.78, 5) is 11.9. The number of nitrogen functional groups attached to an aromatic ring is 1. The Labute approximate surface area is 112 Å². The molecule has 2 rings (SSSR count). The molecular weight excluding hydrogens is 271 g/mol. The summed E-state index contributed by atoms with van der Waals surface area (Å²) in [6, 6.07) is 6.31. The van der Waals surface area contributed by atoms with Gasteiger partial charge in [-0.1, -0.05) is 6.07 Å². The lowest BCUT2D eigenvalue weighted by Gasteiger charge is -2.11. The van der Waals surface area contributed by atoms with Crippen molar-refractivity contribution in [2.24, 2.45) is 5.84 Å². The van der Waals surface area contributed by atoms with E-state index in [1.54, 1.807) is 0 Å². The first-order valence-corrected chi connectivity index (χ1v) is 5.54. The molecule has 0 saturated carbocycles. The SMILES string of the molecule is NNc1c(F)cccc1C(=O)Nc1cc(F)ccc1F. The van der Waals surface area contributed by atoms with E-state index in [1.807, 2.05) is 0 Å². The van der Waals surface area contributed by atoms with Crippen LogP contribution in [0.15, 0.2) is 36.4 Å². The number of rotatable bonds is 3. The van der Waals surface area contributed by atoms with Crippen molar-refractivity contribution in [3.8, 4) is 0 Å². The molecule has 0 unspecified atom stereocenters. The molecular formula is C13H10F3N3O. The van der Waals surface area contributed by atoms with Crippen molar-refractivity contribution >= 4 is 17.3 Å². The van der Waals surface area contributed by atoms with E-state index >= 15 is 0 Å². The van der Waals surface area contributed by atoms with Crippen molar-refractivity contribution < 1.29 is 18.0 Å². The lowest BCUT2D eigenvalue weighted by atomic mass is 10.1. The molecule has 0 radical (unpaired) electrons. The molecule has 104 valence electrons. The summed E-state index contributed by atoms with van der Waals surface area (Å²) in [6.45, 7) is 0. The summed E-state index contributed by atoms with van der Waals surface area (Å²) in [7, 11) is 0. The van der Waals surface area contributed by atoms with Gasteiger partial charge in [0.15, 0.2) is 0 Å². The van der Waals surface area contributed by atoms with Gasteiger partial charge in [-0.15, -0.1) is 0 Å². The van der Waals surface area contributed by atoms with Crippen LogP contribution in [-0.2, 0) is 0 Å². The van der Waals surface area contributed by atoms with Gasteiger partial charge in [-0.2, -0.15) is 0 Å². The van der Waals surface area contributed by atoms with Gasteiger partial charge in [-0.3, -0.25) is 10.6 Å². The molecule has 0 saturated heterocycles. The maximum atomic E-state index is 13.4. The average Bonchev–Trinajstić information content (AvgIpc) is 2.42. The number of halogens is 3. The van der Waals surface area contributed by atoms with E-state index in [1.165, 1.54) is 12.1 Å². The Morgan fingerprint density at radius 1 is 1.05 bits per heavy atom. The van der Waals surface area contributed by atoms with Crippen molar-refractivity contribution in [1.29, 1.82) is 0 Å². The van der Waals surface area contributed by atoms with E-state index in [0.29, 0.717) is 0 Å². The van der Waals surface area contributed by atoms with Gasteiger partial charge in [0, 0.05) is 6.07 Å². The predicted molar refractivity (Wildman–Crippen MR) is 68.5 cm³/mol. The largest absolute Gasteiger partial charge is 0.321 e. The Morgan fingerprint density at radius 3 is 2.50 bits per heavy atom. The van der Waals surface area contributed by atoms with Gasteiger partial charge in [-0.05, 0) is 24.3 Å². The Kier molecular flexibility index (Phi) is 3.90. The minimum absolute atomic E-state index is 0.129. The van der Waals surface area contributed by atoms with E-state index in [9.17, 15) is 18.0 Å². The van der Waals surface area contributed by atoms with Gasteiger partial charge in [0.05, 0.1) is 16.9 Å². The minimum Gasteiger partial charge on any atom is -0.321 e. The molecule has 2 aromatic carbocycles. The fraction of sp³-hybridized carbons (Fsp3) is 0. The third-order valence-electron chi connectivity index (χ3n) is 2.58. The van der Waals surface area contributed by atoms with Crippen LogP contribution in [0.1, 0.15) is 10.4 Å². The molecule has 1 amide bonds. The number of benzene rings is 2. The first kappa shape index (κ1) is 13.9. The highest BCUT2D eigenvalue weighted by molar-refractivity contribution is 6.08. The van der Waals surface area contributed by atoms with E-state index in [-0.39, 0.29) is 16.9 Å². The van der Waals surface area contributed by atoms with Gasteiger partial charge in [0.1, 0.15) is 17.5 Å². The predicted octanol–water partition coefficient (Wildman–Crippen LogP) is 2.64. The molecule has 0 spiro atoms. The highest BCUT2D eigenvalue weighted by Crippen LogP contribution is 2.21. The number of nitrogens with two attached hydrogens (primary N) is 1. The molecule has 0 aliphatic carbocycles. The van der Waals surface area contributed by atoms with Crippen LogP contribution in [-0.4, -0.2) is 5.91 Å². The topological polar surface area (TPSA) is 67.1 Å². The van der Waals surface area contributed by atoms with Crippen LogP contribution in [0.2, 0.25) is 0 Å². The number of para-hydroxylation sites is 1. The molecule has 20 heavy (non-hydrogen) atoms. The van der Waals surface area contributed by atoms with E-state index in [2.05, 4.69) is 10.7 Å².